The van der Waals surface area contributed by atoms with Crippen molar-refractivity contribution in [3.63, 3.8) is 0 Å². The molecule has 1 amide bonds. The van der Waals surface area contributed by atoms with Crippen LogP contribution in [0.4, 0.5) is 0 Å². The van der Waals surface area contributed by atoms with Crippen molar-refractivity contribution in [2.24, 2.45) is 0 Å². The van der Waals surface area contributed by atoms with Gasteiger partial charge in [0.15, 0.2) is 23.9 Å². The number of para-hydroxylation sites is 2. The lowest BCUT2D eigenvalue weighted by molar-refractivity contribution is -0.132. The van der Waals surface area contributed by atoms with Gasteiger partial charge in [0.1, 0.15) is 0 Å². The molecule has 0 bridgehead atoms. The van der Waals surface area contributed by atoms with Gasteiger partial charge in [-0.15, -0.1) is 0 Å². The van der Waals surface area contributed by atoms with Gasteiger partial charge >= 0.3 is 0 Å². The third kappa shape index (κ3) is 3.67. The fraction of sp³-hybridized carbons (Fsp3) is 0.471. The second kappa shape index (κ2) is 7.33. The molecule has 2 aromatic rings. The highest BCUT2D eigenvalue weighted by Crippen LogP contribution is 2.28. The van der Waals surface area contributed by atoms with Crippen LogP contribution in [0.2, 0.25) is 0 Å². The van der Waals surface area contributed by atoms with Gasteiger partial charge in [-0.2, -0.15) is 4.98 Å². The third-order valence-electron chi connectivity index (χ3n) is 3.93. The van der Waals surface area contributed by atoms with E-state index < -0.39 is 0 Å². The topological polar surface area (TPSA) is 77.7 Å². The standard InChI is InChI=1S/C17H21N3O4/c1-3-22-14-6-4-5-7-15(14)23-11-16(21)20-9-8-13(10-20)17-18-12(2)19-24-17/h4-7,13H,3,8-11H2,1-2H3. The fourth-order valence-electron chi connectivity index (χ4n) is 2.74. The van der Waals surface area contributed by atoms with Gasteiger partial charge in [-0.25, -0.2) is 0 Å². The minimum absolute atomic E-state index is 0.0142. The number of hydrogen-bond donors (Lipinski definition) is 0. The van der Waals surface area contributed by atoms with E-state index in [0.29, 0.717) is 42.9 Å². The highest BCUT2D eigenvalue weighted by molar-refractivity contribution is 5.78. The number of ether oxygens (including phenoxy) is 2. The van der Waals surface area contributed by atoms with E-state index in [1.54, 1.807) is 17.9 Å². The summed E-state index contributed by atoms with van der Waals surface area (Å²) in [7, 11) is 0. The zero-order chi connectivity index (χ0) is 16.9. The van der Waals surface area contributed by atoms with Crippen molar-refractivity contribution in [1.82, 2.24) is 15.0 Å². The zero-order valence-electron chi connectivity index (χ0n) is 13.9. The Labute approximate surface area is 140 Å². The van der Waals surface area contributed by atoms with Crippen LogP contribution in [0.25, 0.3) is 0 Å². The summed E-state index contributed by atoms with van der Waals surface area (Å²) in [5, 5.41) is 3.81. The average Bonchev–Trinajstić information content (AvgIpc) is 3.23. The molecule has 0 aliphatic carbocycles. The highest BCUT2D eigenvalue weighted by atomic mass is 16.5. The Bertz CT molecular complexity index is 701. The van der Waals surface area contributed by atoms with E-state index >= 15 is 0 Å². The lowest BCUT2D eigenvalue weighted by Gasteiger charge is -2.17. The molecule has 1 saturated heterocycles. The van der Waals surface area contributed by atoms with Gasteiger partial charge in [0.2, 0.25) is 5.89 Å². The first-order chi connectivity index (χ1) is 11.7. The number of carbonyl (C=O) groups is 1. The molecule has 1 unspecified atom stereocenters. The van der Waals surface area contributed by atoms with Gasteiger partial charge in [-0.05, 0) is 32.4 Å². The lowest BCUT2D eigenvalue weighted by Crippen LogP contribution is -2.32. The molecule has 0 radical (unpaired) electrons. The van der Waals surface area contributed by atoms with Crippen LogP contribution < -0.4 is 9.47 Å². The third-order valence-corrected chi connectivity index (χ3v) is 3.93. The summed E-state index contributed by atoms with van der Waals surface area (Å²) >= 11 is 0. The number of hydrogen-bond acceptors (Lipinski definition) is 6. The van der Waals surface area contributed by atoms with Crippen LogP contribution in [0.15, 0.2) is 28.8 Å². The first-order valence-electron chi connectivity index (χ1n) is 8.10. The van der Waals surface area contributed by atoms with Crippen LogP contribution in [0, 0.1) is 6.92 Å². The number of amides is 1. The van der Waals surface area contributed by atoms with Gasteiger partial charge in [0.25, 0.3) is 5.91 Å². The van der Waals surface area contributed by atoms with Crippen LogP contribution in [-0.4, -0.2) is 47.3 Å². The average molecular weight is 331 g/mol. The van der Waals surface area contributed by atoms with E-state index in [1.165, 1.54) is 0 Å². The Morgan fingerprint density at radius 2 is 2.08 bits per heavy atom. The molecule has 128 valence electrons. The number of carbonyl (C=O) groups excluding carboxylic acids is 1. The van der Waals surface area contributed by atoms with Crippen LogP contribution in [-0.2, 0) is 4.79 Å². The Morgan fingerprint density at radius 1 is 1.33 bits per heavy atom. The second-order valence-corrected chi connectivity index (χ2v) is 5.67. The molecule has 1 aliphatic rings. The summed E-state index contributed by atoms with van der Waals surface area (Å²) < 4.78 is 16.3. The molecule has 2 heterocycles. The number of rotatable bonds is 6. The first kappa shape index (κ1) is 16.3. The summed E-state index contributed by atoms with van der Waals surface area (Å²) in [5.74, 6) is 2.49. The van der Waals surface area contributed by atoms with Crippen molar-refractivity contribution in [3.05, 3.63) is 36.0 Å². The van der Waals surface area contributed by atoms with E-state index in [-0.39, 0.29) is 18.4 Å². The number of aryl methyl sites for hydroxylation is 1. The van der Waals surface area contributed by atoms with Gasteiger partial charge < -0.3 is 18.9 Å². The van der Waals surface area contributed by atoms with Gasteiger partial charge in [-0.1, -0.05) is 17.3 Å². The number of likely N-dealkylation sites (tertiary alicyclic amines) is 1. The molecule has 0 saturated carbocycles. The highest BCUT2D eigenvalue weighted by Gasteiger charge is 2.31. The zero-order valence-corrected chi connectivity index (χ0v) is 13.9. The van der Waals surface area contributed by atoms with Crippen molar-refractivity contribution < 1.29 is 18.8 Å². The molecule has 7 nitrogen and oxygen atoms in total. The number of benzene rings is 1. The van der Waals surface area contributed by atoms with E-state index in [4.69, 9.17) is 14.0 Å². The SMILES string of the molecule is CCOc1ccccc1OCC(=O)N1CCC(c2nc(C)no2)C1. The molecule has 3 rings (SSSR count). The van der Waals surface area contributed by atoms with Crippen molar-refractivity contribution in [3.8, 4) is 11.5 Å². The van der Waals surface area contributed by atoms with Crippen LogP contribution in [0.1, 0.15) is 31.0 Å². The summed E-state index contributed by atoms with van der Waals surface area (Å²) in [6.07, 6.45) is 0.822. The summed E-state index contributed by atoms with van der Waals surface area (Å²) in [6, 6.07) is 7.35. The Morgan fingerprint density at radius 3 is 2.75 bits per heavy atom. The molecule has 1 fully saturated rings. The maximum atomic E-state index is 12.4. The van der Waals surface area contributed by atoms with E-state index in [0.717, 1.165) is 6.42 Å². The molecule has 1 aromatic heterocycles. The Kier molecular flexibility index (Phi) is 4.98. The quantitative estimate of drug-likeness (QED) is 0.807. The summed E-state index contributed by atoms with van der Waals surface area (Å²) in [5.41, 5.74) is 0. The second-order valence-electron chi connectivity index (χ2n) is 5.67. The fourth-order valence-corrected chi connectivity index (χ4v) is 2.74. The molecule has 1 aliphatic heterocycles. The molecule has 24 heavy (non-hydrogen) atoms. The molecule has 0 N–H and O–H groups in total. The van der Waals surface area contributed by atoms with Crippen LogP contribution in [0.5, 0.6) is 11.5 Å². The predicted octanol–water partition coefficient (Wildman–Crippen LogP) is 2.17. The Balaban J connectivity index is 1.55. The van der Waals surface area contributed by atoms with Crippen LogP contribution in [0.3, 0.4) is 0 Å². The Hall–Kier alpha value is -2.57. The molecular weight excluding hydrogens is 310 g/mol. The van der Waals surface area contributed by atoms with Crippen LogP contribution >= 0.6 is 0 Å². The predicted molar refractivity (Wildman–Crippen MR) is 86.1 cm³/mol. The summed E-state index contributed by atoms with van der Waals surface area (Å²) in [6.45, 7) is 5.48. The van der Waals surface area contributed by atoms with Gasteiger partial charge in [0, 0.05) is 13.1 Å². The summed E-state index contributed by atoms with van der Waals surface area (Å²) in [4.78, 5) is 18.4. The van der Waals surface area contributed by atoms with E-state index in [1.807, 2.05) is 25.1 Å². The van der Waals surface area contributed by atoms with E-state index in [2.05, 4.69) is 10.1 Å². The minimum Gasteiger partial charge on any atom is -0.490 e. The maximum Gasteiger partial charge on any atom is 0.260 e. The van der Waals surface area contributed by atoms with E-state index in [9.17, 15) is 4.79 Å². The monoisotopic (exact) mass is 331 g/mol. The maximum absolute atomic E-state index is 12.4. The molecule has 1 aromatic carbocycles. The minimum atomic E-state index is -0.0555. The van der Waals surface area contributed by atoms with Gasteiger partial charge in [0.05, 0.1) is 12.5 Å². The van der Waals surface area contributed by atoms with Crippen molar-refractivity contribution in [2.75, 3.05) is 26.3 Å². The molecular formula is C17H21N3O4. The number of aromatic nitrogens is 2. The van der Waals surface area contributed by atoms with Gasteiger partial charge in [-0.3, -0.25) is 4.79 Å². The number of nitrogens with zero attached hydrogens (tertiary/aromatic N) is 3. The smallest absolute Gasteiger partial charge is 0.260 e. The molecule has 1 atom stereocenters. The van der Waals surface area contributed by atoms with Crippen molar-refractivity contribution in [1.29, 1.82) is 0 Å². The van der Waals surface area contributed by atoms with Crippen molar-refractivity contribution in [2.45, 2.75) is 26.2 Å². The molecule has 0 spiro atoms. The first-order valence-corrected chi connectivity index (χ1v) is 8.10. The largest absolute Gasteiger partial charge is 0.490 e. The lowest BCUT2D eigenvalue weighted by atomic mass is 10.1. The van der Waals surface area contributed by atoms with Crippen molar-refractivity contribution >= 4 is 5.91 Å². The normalized spacial score (nSPS) is 17.1. The molecule has 7 heteroatoms.